The molecule has 0 aromatic heterocycles. The fourth-order valence-electron chi connectivity index (χ4n) is 0.592. The largest absolute Gasteiger partial charge is 0.368 e. The van der Waals surface area contributed by atoms with Gasteiger partial charge in [-0.1, -0.05) is 6.08 Å². The zero-order valence-electron chi connectivity index (χ0n) is 4.89. The highest BCUT2D eigenvalue weighted by atomic mass is 14.8. The van der Waals surface area contributed by atoms with Gasteiger partial charge in [0, 0.05) is 12.4 Å². The zero-order chi connectivity index (χ0) is 5.82. The monoisotopic (exact) mass is 107 g/mol. The van der Waals surface area contributed by atoms with Gasteiger partial charge in [-0.2, -0.15) is 0 Å². The van der Waals surface area contributed by atoms with Crippen LogP contribution in [0, 0.1) is 0 Å². The maximum absolute atomic E-state index is 2.95. The highest BCUT2D eigenvalue weighted by Gasteiger charge is 1.84. The number of dihydropyridines is 1. The predicted octanol–water partition coefficient (Wildman–Crippen LogP) is 1.56. The minimum Gasteiger partial charge on any atom is -0.368 e. The van der Waals surface area contributed by atoms with Gasteiger partial charge in [0.2, 0.25) is 0 Å². The summed E-state index contributed by atoms with van der Waals surface area (Å²) < 4.78 is 0. The Morgan fingerprint density at radius 2 is 2.00 bits per heavy atom. The second kappa shape index (κ2) is 2.36. The molecule has 0 spiro atoms. The van der Waals surface area contributed by atoms with Gasteiger partial charge in [-0.25, -0.2) is 0 Å². The fraction of sp³-hybridized carbons (Fsp3) is 0.143. The van der Waals surface area contributed by atoms with E-state index in [2.05, 4.69) is 11.4 Å². The summed E-state index contributed by atoms with van der Waals surface area (Å²) in [7, 11) is 0. The van der Waals surface area contributed by atoms with Gasteiger partial charge in [0.1, 0.15) is 0 Å². The van der Waals surface area contributed by atoms with Gasteiger partial charge < -0.3 is 5.32 Å². The van der Waals surface area contributed by atoms with Crippen molar-refractivity contribution in [3.8, 4) is 0 Å². The Morgan fingerprint density at radius 3 is 2.38 bits per heavy atom. The molecule has 1 N–H and O–H groups in total. The molecule has 0 saturated heterocycles. The molecule has 1 rings (SSSR count). The molecule has 1 aliphatic heterocycles. The third-order valence-corrected chi connectivity index (χ3v) is 1.08. The zero-order valence-corrected chi connectivity index (χ0v) is 4.89. The van der Waals surface area contributed by atoms with Crippen LogP contribution in [0.15, 0.2) is 36.2 Å². The summed E-state index contributed by atoms with van der Waals surface area (Å²) >= 11 is 0. The number of hydrogen-bond donors (Lipinski definition) is 1. The van der Waals surface area contributed by atoms with Crippen molar-refractivity contribution < 1.29 is 0 Å². The van der Waals surface area contributed by atoms with Gasteiger partial charge in [-0.15, -0.1) is 0 Å². The van der Waals surface area contributed by atoms with Crippen LogP contribution in [0.4, 0.5) is 0 Å². The topological polar surface area (TPSA) is 12.0 Å². The standard InChI is InChI=1S/C7H9N/c1-2-7-3-5-8-6-4-7/h2-6,8H,1H3. The summed E-state index contributed by atoms with van der Waals surface area (Å²) in [5.74, 6) is 0. The first-order chi connectivity index (χ1) is 3.93. The summed E-state index contributed by atoms with van der Waals surface area (Å²) in [4.78, 5) is 0. The molecular weight excluding hydrogens is 98.1 g/mol. The molecule has 0 saturated carbocycles. The van der Waals surface area contributed by atoms with Crippen molar-refractivity contribution in [3.05, 3.63) is 36.2 Å². The minimum absolute atomic E-state index is 1.25. The minimum atomic E-state index is 1.25. The number of nitrogens with one attached hydrogen (secondary N) is 1. The normalized spacial score (nSPS) is 15.9. The maximum Gasteiger partial charge on any atom is 0.00103 e. The molecule has 1 aliphatic rings. The average Bonchev–Trinajstić information content (AvgIpc) is 1.90. The van der Waals surface area contributed by atoms with Crippen LogP contribution in [-0.2, 0) is 0 Å². The third kappa shape index (κ3) is 0.997. The van der Waals surface area contributed by atoms with Crippen LogP contribution in [-0.4, -0.2) is 0 Å². The maximum atomic E-state index is 2.95. The Kier molecular flexibility index (Phi) is 1.52. The summed E-state index contributed by atoms with van der Waals surface area (Å²) in [6, 6.07) is 0. The van der Waals surface area contributed by atoms with Gasteiger partial charge in [-0.3, -0.25) is 0 Å². The Morgan fingerprint density at radius 1 is 1.38 bits per heavy atom. The number of rotatable bonds is 0. The molecule has 0 radical (unpaired) electrons. The summed E-state index contributed by atoms with van der Waals surface area (Å²) in [6.07, 6.45) is 9.94. The number of hydrogen-bond acceptors (Lipinski definition) is 1. The van der Waals surface area contributed by atoms with Crippen LogP contribution in [0.3, 0.4) is 0 Å². The quantitative estimate of drug-likeness (QED) is 0.495. The first-order valence-electron chi connectivity index (χ1n) is 2.69. The van der Waals surface area contributed by atoms with E-state index in [1.54, 1.807) is 0 Å². The van der Waals surface area contributed by atoms with E-state index in [0.717, 1.165) is 0 Å². The molecule has 42 valence electrons. The van der Waals surface area contributed by atoms with Crippen molar-refractivity contribution in [2.45, 2.75) is 6.92 Å². The van der Waals surface area contributed by atoms with Crippen molar-refractivity contribution >= 4 is 0 Å². The van der Waals surface area contributed by atoms with Crippen molar-refractivity contribution in [2.75, 3.05) is 0 Å². The van der Waals surface area contributed by atoms with Gasteiger partial charge in [-0.05, 0) is 24.6 Å². The van der Waals surface area contributed by atoms with Gasteiger partial charge in [0.15, 0.2) is 0 Å². The highest BCUT2D eigenvalue weighted by Crippen LogP contribution is 1.99. The number of allylic oxidation sites excluding steroid dienone is 4. The van der Waals surface area contributed by atoms with Gasteiger partial charge >= 0.3 is 0 Å². The second-order valence-corrected chi connectivity index (χ2v) is 1.62. The lowest BCUT2D eigenvalue weighted by molar-refractivity contribution is 1.17. The fourth-order valence-corrected chi connectivity index (χ4v) is 0.592. The van der Waals surface area contributed by atoms with E-state index in [0.29, 0.717) is 0 Å². The van der Waals surface area contributed by atoms with Crippen LogP contribution in [0.1, 0.15) is 6.92 Å². The SMILES string of the molecule is CC=C1C=CNC=C1. The molecule has 1 heteroatoms. The molecule has 0 aromatic rings. The van der Waals surface area contributed by atoms with Crippen LogP contribution < -0.4 is 5.32 Å². The first-order valence-corrected chi connectivity index (χ1v) is 2.69. The second-order valence-electron chi connectivity index (χ2n) is 1.62. The Balaban J connectivity index is 2.69. The lowest BCUT2D eigenvalue weighted by Gasteiger charge is -1.98. The summed E-state index contributed by atoms with van der Waals surface area (Å²) in [5.41, 5.74) is 1.25. The molecular formula is C7H9N. The van der Waals surface area contributed by atoms with E-state index in [1.165, 1.54) is 5.57 Å². The van der Waals surface area contributed by atoms with Crippen LogP contribution >= 0.6 is 0 Å². The van der Waals surface area contributed by atoms with Crippen molar-refractivity contribution in [2.24, 2.45) is 0 Å². The van der Waals surface area contributed by atoms with Crippen LogP contribution in [0.5, 0.6) is 0 Å². The Bertz CT molecular complexity index is 138. The van der Waals surface area contributed by atoms with Crippen LogP contribution in [0.2, 0.25) is 0 Å². The molecule has 0 fully saturated rings. The van der Waals surface area contributed by atoms with Crippen LogP contribution in [0.25, 0.3) is 0 Å². The summed E-state index contributed by atoms with van der Waals surface area (Å²) in [6.45, 7) is 2.02. The molecule has 0 atom stereocenters. The van der Waals surface area contributed by atoms with E-state index >= 15 is 0 Å². The highest BCUT2D eigenvalue weighted by molar-refractivity contribution is 5.32. The van der Waals surface area contributed by atoms with E-state index in [1.807, 2.05) is 31.5 Å². The molecule has 0 unspecified atom stereocenters. The Labute approximate surface area is 49.4 Å². The Hall–Kier alpha value is -0.980. The first kappa shape index (κ1) is 5.16. The molecule has 0 aromatic carbocycles. The van der Waals surface area contributed by atoms with Crippen molar-refractivity contribution in [3.63, 3.8) is 0 Å². The lowest BCUT2D eigenvalue weighted by Crippen LogP contribution is -1.95. The average molecular weight is 107 g/mol. The molecule has 8 heavy (non-hydrogen) atoms. The lowest BCUT2D eigenvalue weighted by atomic mass is 10.2. The van der Waals surface area contributed by atoms with E-state index in [9.17, 15) is 0 Å². The molecule has 0 bridgehead atoms. The molecule has 1 nitrogen and oxygen atoms in total. The van der Waals surface area contributed by atoms with E-state index in [-0.39, 0.29) is 0 Å². The van der Waals surface area contributed by atoms with Crippen molar-refractivity contribution in [1.82, 2.24) is 5.32 Å². The molecule has 1 heterocycles. The third-order valence-electron chi connectivity index (χ3n) is 1.08. The molecule has 0 aliphatic carbocycles. The van der Waals surface area contributed by atoms with Gasteiger partial charge in [0.05, 0.1) is 0 Å². The van der Waals surface area contributed by atoms with E-state index in [4.69, 9.17) is 0 Å². The summed E-state index contributed by atoms with van der Waals surface area (Å²) in [5, 5.41) is 2.95. The predicted molar refractivity (Wildman–Crippen MR) is 35.2 cm³/mol. The van der Waals surface area contributed by atoms with E-state index < -0.39 is 0 Å². The molecule has 0 amide bonds. The van der Waals surface area contributed by atoms with Crippen molar-refractivity contribution in [1.29, 1.82) is 0 Å². The van der Waals surface area contributed by atoms with Gasteiger partial charge in [0.25, 0.3) is 0 Å². The smallest absolute Gasteiger partial charge is 0.00103 e.